The lowest BCUT2D eigenvalue weighted by Gasteiger charge is -2.15. The first-order chi connectivity index (χ1) is 10.0. The molecule has 0 amide bonds. The van der Waals surface area contributed by atoms with Gasteiger partial charge in [-0.1, -0.05) is 41.4 Å². The molecule has 0 saturated carbocycles. The van der Waals surface area contributed by atoms with Gasteiger partial charge in [-0.2, -0.15) is 0 Å². The lowest BCUT2D eigenvalue weighted by molar-refractivity contribution is 0.407. The van der Waals surface area contributed by atoms with Crippen molar-refractivity contribution in [3.63, 3.8) is 0 Å². The Morgan fingerprint density at radius 2 is 1.90 bits per heavy atom. The van der Waals surface area contributed by atoms with Crippen molar-refractivity contribution in [2.75, 3.05) is 7.11 Å². The van der Waals surface area contributed by atoms with Crippen molar-refractivity contribution >= 4 is 11.6 Å². The van der Waals surface area contributed by atoms with E-state index in [0.717, 1.165) is 16.9 Å². The van der Waals surface area contributed by atoms with Crippen molar-refractivity contribution in [3.8, 4) is 5.75 Å². The molecule has 2 aromatic rings. The van der Waals surface area contributed by atoms with E-state index < -0.39 is 0 Å². The van der Waals surface area contributed by atoms with Gasteiger partial charge in [0.25, 0.3) is 0 Å². The van der Waals surface area contributed by atoms with E-state index in [4.69, 9.17) is 22.1 Å². The van der Waals surface area contributed by atoms with Gasteiger partial charge >= 0.3 is 0 Å². The summed E-state index contributed by atoms with van der Waals surface area (Å²) in [7, 11) is 1.64. The third-order valence-electron chi connectivity index (χ3n) is 3.43. The maximum atomic E-state index is 13.9. The highest BCUT2D eigenvalue weighted by Gasteiger charge is 2.13. The van der Waals surface area contributed by atoms with Crippen LogP contribution < -0.4 is 10.5 Å². The molecule has 1 atom stereocenters. The Hall–Kier alpha value is -1.58. The molecule has 21 heavy (non-hydrogen) atoms. The lowest BCUT2D eigenvalue weighted by Crippen LogP contribution is -2.26. The summed E-state index contributed by atoms with van der Waals surface area (Å²) in [5.74, 6) is 0.424. The monoisotopic (exact) mass is 307 g/mol. The standard InChI is InChI=1S/C17H19ClFNO/c1-11-6-7-16(21-2)13(8-11)10-14(20)9-12-4-3-5-15(18)17(12)19/h3-8,14H,9-10,20H2,1-2H3. The number of aryl methyl sites for hydroxylation is 1. The van der Waals surface area contributed by atoms with Crippen molar-refractivity contribution in [2.45, 2.75) is 25.8 Å². The zero-order chi connectivity index (χ0) is 15.4. The van der Waals surface area contributed by atoms with Gasteiger partial charge in [-0.3, -0.25) is 0 Å². The van der Waals surface area contributed by atoms with Crippen LogP contribution in [0.2, 0.25) is 5.02 Å². The Labute approximate surface area is 129 Å². The predicted octanol–water partition coefficient (Wildman–Crippen LogP) is 3.91. The summed E-state index contributed by atoms with van der Waals surface area (Å²) in [5, 5.41) is 0.132. The number of ether oxygens (including phenoxy) is 1. The first kappa shape index (κ1) is 15.8. The van der Waals surface area contributed by atoms with Crippen LogP contribution in [0.25, 0.3) is 0 Å². The molecular formula is C17H19ClFNO. The SMILES string of the molecule is COc1ccc(C)cc1CC(N)Cc1cccc(Cl)c1F. The van der Waals surface area contributed by atoms with Crippen LogP contribution in [0.5, 0.6) is 5.75 Å². The van der Waals surface area contributed by atoms with Crippen molar-refractivity contribution < 1.29 is 9.13 Å². The van der Waals surface area contributed by atoms with E-state index in [-0.39, 0.29) is 16.9 Å². The second-order valence-electron chi connectivity index (χ2n) is 5.20. The average Bonchev–Trinajstić information content (AvgIpc) is 2.44. The average molecular weight is 308 g/mol. The van der Waals surface area contributed by atoms with Gasteiger partial charge < -0.3 is 10.5 Å². The van der Waals surface area contributed by atoms with Crippen LogP contribution in [0.15, 0.2) is 36.4 Å². The second kappa shape index (κ2) is 6.92. The number of nitrogens with two attached hydrogens (primary N) is 1. The zero-order valence-corrected chi connectivity index (χ0v) is 13.0. The molecule has 0 radical (unpaired) electrons. The van der Waals surface area contributed by atoms with Crippen LogP contribution in [0, 0.1) is 12.7 Å². The highest BCUT2D eigenvalue weighted by Crippen LogP contribution is 2.23. The van der Waals surface area contributed by atoms with Crippen LogP contribution in [0.1, 0.15) is 16.7 Å². The Morgan fingerprint density at radius 1 is 1.19 bits per heavy atom. The first-order valence-corrected chi connectivity index (χ1v) is 7.21. The molecule has 1 unspecified atom stereocenters. The van der Waals surface area contributed by atoms with Crippen LogP contribution in [0.3, 0.4) is 0 Å². The summed E-state index contributed by atoms with van der Waals surface area (Å²) in [6, 6.07) is 10.8. The molecule has 0 spiro atoms. The molecule has 0 aliphatic carbocycles. The van der Waals surface area contributed by atoms with Crippen molar-refractivity contribution in [1.29, 1.82) is 0 Å². The van der Waals surface area contributed by atoms with Crippen LogP contribution in [-0.2, 0) is 12.8 Å². The molecule has 0 aromatic heterocycles. The molecule has 2 aromatic carbocycles. The van der Waals surface area contributed by atoms with Gasteiger partial charge in [0.2, 0.25) is 0 Å². The van der Waals surface area contributed by atoms with Crippen molar-refractivity contribution in [3.05, 3.63) is 63.9 Å². The summed E-state index contributed by atoms with van der Waals surface area (Å²) in [6.07, 6.45) is 1.06. The molecule has 2 rings (SSSR count). The van der Waals surface area contributed by atoms with E-state index in [9.17, 15) is 4.39 Å². The highest BCUT2D eigenvalue weighted by atomic mass is 35.5. The third-order valence-corrected chi connectivity index (χ3v) is 3.72. The number of methoxy groups -OCH3 is 1. The van der Waals surface area contributed by atoms with Gasteiger partial charge in [-0.25, -0.2) is 4.39 Å². The van der Waals surface area contributed by atoms with E-state index in [0.29, 0.717) is 18.4 Å². The molecule has 2 nitrogen and oxygen atoms in total. The number of hydrogen-bond acceptors (Lipinski definition) is 2. The second-order valence-corrected chi connectivity index (χ2v) is 5.60. The van der Waals surface area contributed by atoms with E-state index in [1.54, 1.807) is 19.2 Å². The number of hydrogen-bond donors (Lipinski definition) is 1. The van der Waals surface area contributed by atoms with Gasteiger partial charge in [-0.05, 0) is 43.0 Å². The molecule has 112 valence electrons. The quantitative estimate of drug-likeness (QED) is 0.909. The fraction of sp³-hybridized carbons (Fsp3) is 0.294. The predicted molar refractivity (Wildman–Crippen MR) is 84.5 cm³/mol. The first-order valence-electron chi connectivity index (χ1n) is 6.83. The van der Waals surface area contributed by atoms with E-state index >= 15 is 0 Å². The Kier molecular flexibility index (Phi) is 5.21. The molecule has 0 bridgehead atoms. The van der Waals surface area contributed by atoms with E-state index in [2.05, 4.69) is 0 Å². The molecule has 0 aliphatic heterocycles. The normalized spacial score (nSPS) is 12.2. The Bertz CT molecular complexity index is 630. The third kappa shape index (κ3) is 3.96. The molecule has 0 saturated heterocycles. The van der Waals surface area contributed by atoms with Gasteiger partial charge in [-0.15, -0.1) is 0 Å². The summed E-state index contributed by atoms with van der Waals surface area (Å²) < 4.78 is 19.2. The van der Waals surface area contributed by atoms with Gasteiger partial charge in [0.15, 0.2) is 0 Å². The summed E-state index contributed by atoms with van der Waals surface area (Å²) in [5.41, 5.74) is 8.89. The maximum absolute atomic E-state index is 13.9. The number of rotatable bonds is 5. The summed E-state index contributed by atoms with van der Waals surface area (Å²) in [4.78, 5) is 0. The summed E-state index contributed by atoms with van der Waals surface area (Å²) >= 11 is 5.79. The minimum Gasteiger partial charge on any atom is -0.496 e. The lowest BCUT2D eigenvalue weighted by atomic mass is 9.98. The van der Waals surface area contributed by atoms with Crippen molar-refractivity contribution in [1.82, 2.24) is 0 Å². The summed E-state index contributed by atoms with van der Waals surface area (Å²) in [6.45, 7) is 2.02. The fourth-order valence-corrected chi connectivity index (χ4v) is 2.60. The minimum atomic E-state index is -0.383. The molecule has 0 aliphatic rings. The topological polar surface area (TPSA) is 35.2 Å². The fourth-order valence-electron chi connectivity index (χ4n) is 2.41. The van der Waals surface area contributed by atoms with E-state index in [1.165, 1.54) is 6.07 Å². The number of benzene rings is 2. The van der Waals surface area contributed by atoms with Gasteiger partial charge in [0.1, 0.15) is 11.6 Å². The molecule has 0 fully saturated rings. The minimum absolute atomic E-state index is 0.132. The zero-order valence-electron chi connectivity index (χ0n) is 12.2. The van der Waals surface area contributed by atoms with Crippen LogP contribution >= 0.6 is 11.6 Å². The van der Waals surface area contributed by atoms with Gasteiger partial charge in [0, 0.05) is 6.04 Å². The molecule has 4 heteroatoms. The van der Waals surface area contributed by atoms with Gasteiger partial charge in [0.05, 0.1) is 12.1 Å². The Balaban J connectivity index is 2.13. The molecule has 0 heterocycles. The highest BCUT2D eigenvalue weighted by molar-refractivity contribution is 6.30. The molecule has 2 N–H and O–H groups in total. The van der Waals surface area contributed by atoms with Crippen molar-refractivity contribution in [2.24, 2.45) is 5.73 Å². The largest absolute Gasteiger partial charge is 0.496 e. The van der Waals surface area contributed by atoms with Crippen LogP contribution in [0.4, 0.5) is 4.39 Å². The maximum Gasteiger partial charge on any atom is 0.145 e. The van der Waals surface area contributed by atoms with E-state index in [1.807, 2.05) is 25.1 Å². The molecular weight excluding hydrogens is 289 g/mol. The number of halogens is 2. The Morgan fingerprint density at radius 3 is 2.62 bits per heavy atom. The van der Waals surface area contributed by atoms with Crippen LogP contribution in [-0.4, -0.2) is 13.2 Å². The smallest absolute Gasteiger partial charge is 0.145 e.